The molecule has 1 N–H and O–H groups in total. The lowest BCUT2D eigenvalue weighted by Crippen LogP contribution is -2.51. The highest BCUT2D eigenvalue weighted by Crippen LogP contribution is 2.39. The number of nitriles is 1. The second-order valence-corrected chi connectivity index (χ2v) is 12.3. The van der Waals surface area contributed by atoms with Crippen LogP contribution in [0.25, 0.3) is 5.03 Å². The van der Waals surface area contributed by atoms with Gasteiger partial charge in [-0.25, -0.2) is 0 Å². The van der Waals surface area contributed by atoms with Crippen LogP contribution < -0.4 is 19.9 Å². The smallest absolute Gasteiger partial charge is 0.318 e. The first-order chi connectivity index (χ1) is 20.5. The number of unbranched alkanes of at least 4 members (excludes halogenated alkanes) is 1. The summed E-state index contributed by atoms with van der Waals surface area (Å²) in [5, 5.41) is 13.6. The summed E-state index contributed by atoms with van der Waals surface area (Å²) in [6.45, 7) is 10.1. The van der Waals surface area contributed by atoms with E-state index in [9.17, 15) is 5.26 Å². The summed E-state index contributed by atoms with van der Waals surface area (Å²) in [6.07, 6.45) is 10.5. The highest BCUT2D eigenvalue weighted by molar-refractivity contribution is 6.49. The molecule has 4 aliphatic rings. The zero-order chi connectivity index (χ0) is 29.5. The molecule has 1 aromatic heterocycles. The number of hydrogen-bond acceptors (Lipinski definition) is 8. The van der Waals surface area contributed by atoms with E-state index in [1.165, 1.54) is 41.6 Å². The number of nitrogens with zero attached hydrogens (tertiary/aromatic N) is 6. The van der Waals surface area contributed by atoms with Crippen LogP contribution >= 0.6 is 11.6 Å². The van der Waals surface area contributed by atoms with Gasteiger partial charge >= 0.3 is 6.01 Å². The Labute approximate surface area is 256 Å². The average Bonchev–Trinajstić information content (AvgIpc) is 3.44. The number of benzene rings is 1. The van der Waals surface area contributed by atoms with E-state index < -0.39 is 0 Å². The third-order valence-corrected chi connectivity index (χ3v) is 9.28. The highest BCUT2D eigenvalue weighted by atomic mass is 35.5. The number of rotatable bonds is 7. The summed E-state index contributed by atoms with van der Waals surface area (Å²) >= 11 is 6.73. The van der Waals surface area contributed by atoms with Crippen molar-refractivity contribution in [3.8, 4) is 12.1 Å². The van der Waals surface area contributed by atoms with Crippen LogP contribution in [0.2, 0.25) is 0 Å². The van der Waals surface area contributed by atoms with Gasteiger partial charge in [-0.1, -0.05) is 56.5 Å². The van der Waals surface area contributed by atoms with Gasteiger partial charge in [-0.15, -0.1) is 0 Å². The van der Waals surface area contributed by atoms with Crippen molar-refractivity contribution >= 4 is 28.1 Å². The maximum Gasteiger partial charge on any atom is 0.318 e. The van der Waals surface area contributed by atoms with Crippen molar-refractivity contribution in [2.75, 3.05) is 56.2 Å². The fourth-order valence-electron chi connectivity index (χ4n) is 6.34. The monoisotopic (exact) mass is 591 g/mol. The van der Waals surface area contributed by atoms with Crippen molar-refractivity contribution in [1.82, 2.24) is 20.2 Å². The molecule has 2 aromatic rings. The Kier molecular flexibility index (Phi) is 10.6. The molecule has 4 heterocycles. The second kappa shape index (κ2) is 14.5. The number of allylic oxidation sites excluding steroid dienone is 1. The maximum absolute atomic E-state index is 9.27. The van der Waals surface area contributed by atoms with E-state index >= 15 is 0 Å². The van der Waals surface area contributed by atoms with Crippen LogP contribution in [0.15, 0.2) is 24.3 Å². The number of nitrogens with one attached hydrogen (secondary N) is 1. The molecule has 3 aliphatic heterocycles. The minimum absolute atomic E-state index is 0.140. The Morgan fingerprint density at radius 1 is 1.12 bits per heavy atom. The zero-order valence-electron chi connectivity index (χ0n) is 25.5. The molecule has 1 aromatic carbocycles. The van der Waals surface area contributed by atoms with Crippen LogP contribution in [-0.2, 0) is 19.4 Å². The van der Waals surface area contributed by atoms with Gasteiger partial charge < -0.3 is 24.8 Å². The minimum atomic E-state index is 0.140. The number of likely N-dealkylation sites (N-methyl/N-ethyl adjacent to an activating group) is 1. The summed E-state index contributed by atoms with van der Waals surface area (Å²) < 4.78 is 6.27. The van der Waals surface area contributed by atoms with Gasteiger partial charge in [-0.2, -0.15) is 15.2 Å². The molecule has 2 unspecified atom stereocenters. The number of ether oxygens (including phenoxy) is 1. The van der Waals surface area contributed by atoms with Crippen molar-refractivity contribution < 1.29 is 4.74 Å². The molecule has 0 bridgehead atoms. The number of anilines is 2. The Balaban J connectivity index is 0.000000830. The van der Waals surface area contributed by atoms with Crippen LogP contribution in [0.5, 0.6) is 6.01 Å². The molecule has 6 rings (SSSR count). The summed E-state index contributed by atoms with van der Waals surface area (Å²) in [7, 11) is 2.16. The zero-order valence-corrected chi connectivity index (χ0v) is 26.3. The molecule has 2 atom stereocenters. The van der Waals surface area contributed by atoms with E-state index in [4.69, 9.17) is 26.3 Å². The second-order valence-electron chi connectivity index (χ2n) is 11.9. The SMILES string of the molecule is CCCC.CN1CCCC1COc1nc2c(c(N3CCNC(CC#N)C3)n1)CCN(c1cccc3c1C(Cl)=CCC3)C2. The van der Waals surface area contributed by atoms with E-state index in [2.05, 4.69) is 71.3 Å². The largest absolute Gasteiger partial charge is 0.462 e. The molecule has 0 amide bonds. The molecule has 8 nitrogen and oxygen atoms in total. The van der Waals surface area contributed by atoms with E-state index in [1.807, 2.05) is 0 Å². The number of halogens is 1. The fourth-order valence-corrected chi connectivity index (χ4v) is 6.66. The van der Waals surface area contributed by atoms with Crippen molar-refractivity contribution in [2.45, 2.75) is 83.8 Å². The van der Waals surface area contributed by atoms with Gasteiger partial charge in [0.15, 0.2) is 0 Å². The fraction of sp³-hybridized carbons (Fsp3) is 0.606. The van der Waals surface area contributed by atoms with Crippen LogP contribution in [0.4, 0.5) is 11.5 Å². The first-order valence-electron chi connectivity index (χ1n) is 15.8. The Bertz CT molecular complexity index is 1290. The van der Waals surface area contributed by atoms with Gasteiger partial charge in [0.1, 0.15) is 12.4 Å². The molecule has 0 spiro atoms. The van der Waals surface area contributed by atoms with E-state index in [1.54, 1.807) is 0 Å². The van der Waals surface area contributed by atoms with Crippen LogP contribution in [0, 0.1) is 11.3 Å². The maximum atomic E-state index is 9.27. The molecule has 2 saturated heterocycles. The van der Waals surface area contributed by atoms with E-state index in [-0.39, 0.29) is 6.04 Å². The summed E-state index contributed by atoms with van der Waals surface area (Å²) in [6, 6.07) is 9.85. The lowest BCUT2D eigenvalue weighted by Gasteiger charge is -2.38. The number of fused-ring (bicyclic) bond motifs is 2. The molecule has 226 valence electrons. The van der Waals surface area contributed by atoms with Gasteiger partial charge in [0.25, 0.3) is 0 Å². The third kappa shape index (κ3) is 7.02. The first kappa shape index (κ1) is 30.6. The third-order valence-electron chi connectivity index (χ3n) is 8.94. The Hall–Kier alpha value is -2.86. The lowest BCUT2D eigenvalue weighted by molar-refractivity contribution is 0.187. The number of aromatic nitrogens is 2. The van der Waals surface area contributed by atoms with Crippen LogP contribution in [-0.4, -0.2) is 73.3 Å². The summed E-state index contributed by atoms with van der Waals surface area (Å²) in [5.74, 6) is 0.974. The molecule has 0 radical (unpaired) electrons. The van der Waals surface area contributed by atoms with Crippen LogP contribution in [0.3, 0.4) is 0 Å². The first-order valence-corrected chi connectivity index (χ1v) is 16.2. The van der Waals surface area contributed by atoms with Gasteiger partial charge in [-0.05, 0) is 57.3 Å². The Morgan fingerprint density at radius 2 is 1.98 bits per heavy atom. The van der Waals surface area contributed by atoms with Crippen molar-refractivity contribution in [1.29, 1.82) is 5.26 Å². The van der Waals surface area contributed by atoms with Crippen LogP contribution in [0.1, 0.15) is 74.8 Å². The predicted molar refractivity (Wildman–Crippen MR) is 171 cm³/mol. The molecule has 0 saturated carbocycles. The standard InChI is InChI=1S/C29H36ClN7O.C4H10/c1-35-14-4-7-22(35)19-38-29-33-25-18-36(26-9-3-6-20-5-2-8-24(30)27(20)26)15-11-23(25)28(34-29)37-16-13-32-21(17-37)10-12-31;1-3-4-2/h3,6,8-9,21-22,32H,2,4-5,7,10-11,13-19H2,1H3;3-4H2,1-2H3. The summed E-state index contributed by atoms with van der Waals surface area (Å²) in [5.41, 5.74) is 5.90. The average molecular weight is 592 g/mol. The molecule has 1 aliphatic carbocycles. The van der Waals surface area contributed by atoms with Crippen molar-refractivity contribution in [2.24, 2.45) is 0 Å². The number of hydrogen-bond donors (Lipinski definition) is 1. The predicted octanol–water partition coefficient (Wildman–Crippen LogP) is 5.54. The van der Waals surface area contributed by atoms with Crippen molar-refractivity contribution in [3.05, 3.63) is 46.7 Å². The molecular weight excluding hydrogens is 546 g/mol. The minimum Gasteiger partial charge on any atom is -0.462 e. The lowest BCUT2D eigenvalue weighted by atomic mass is 9.94. The highest BCUT2D eigenvalue weighted by Gasteiger charge is 2.30. The quantitative estimate of drug-likeness (QED) is 0.450. The van der Waals surface area contributed by atoms with Gasteiger partial charge in [0.2, 0.25) is 0 Å². The number of likely N-dealkylation sites (tertiary alicyclic amines) is 1. The molecular formula is C33H46ClN7O. The normalized spacial score (nSPS) is 21.9. The summed E-state index contributed by atoms with van der Waals surface area (Å²) in [4.78, 5) is 17.1. The molecule has 2 fully saturated rings. The molecule has 9 heteroatoms. The number of aryl methyl sites for hydroxylation is 1. The van der Waals surface area contributed by atoms with E-state index in [0.717, 1.165) is 75.0 Å². The van der Waals surface area contributed by atoms with Gasteiger partial charge in [0, 0.05) is 60.1 Å². The number of piperazine rings is 1. The molecule has 42 heavy (non-hydrogen) atoms. The van der Waals surface area contributed by atoms with Gasteiger partial charge in [0.05, 0.1) is 24.7 Å². The van der Waals surface area contributed by atoms with Gasteiger partial charge in [-0.3, -0.25) is 0 Å². The topological polar surface area (TPSA) is 80.5 Å². The Morgan fingerprint density at radius 3 is 2.74 bits per heavy atom. The van der Waals surface area contributed by atoms with Crippen molar-refractivity contribution in [3.63, 3.8) is 0 Å². The van der Waals surface area contributed by atoms with E-state index in [0.29, 0.717) is 31.6 Å².